The number of likely N-dealkylation sites (tertiary alicyclic amines) is 1. The van der Waals surface area contributed by atoms with Gasteiger partial charge in [-0.05, 0) is 63.0 Å². The topological polar surface area (TPSA) is 28.2 Å². The lowest BCUT2D eigenvalue weighted by Gasteiger charge is -2.20. The molecule has 1 saturated heterocycles. The molecule has 0 bridgehead atoms. The molecule has 1 atom stereocenters. The minimum absolute atomic E-state index is 0.747. The van der Waals surface area contributed by atoms with Crippen LogP contribution in [0.1, 0.15) is 25.3 Å². The zero-order chi connectivity index (χ0) is 12.6. The monoisotopic (exact) mass is 247 g/mol. The van der Waals surface area contributed by atoms with Crippen molar-refractivity contribution in [2.75, 3.05) is 32.7 Å². The molecule has 3 nitrogen and oxygen atoms in total. The molecule has 100 valence electrons. The van der Waals surface area contributed by atoms with Crippen molar-refractivity contribution in [2.45, 2.75) is 26.2 Å². The molecule has 1 fully saturated rings. The molecule has 0 amide bonds. The Hall–Kier alpha value is -0.930. The zero-order valence-electron chi connectivity index (χ0n) is 11.4. The fourth-order valence-electron chi connectivity index (χ4n) is 2.60. The SMILES string of the molecule is CC(CNCCc1cccnc1)CN1CCCC1. The Balaban J connectivity index is 1.54. The van der Waals surface area contributed by atoms with Gasteiger partial charge in [0.2, 0.25) is 0 Å². The van der Waals surface area contributed by atoms with E-state index in [4.69, 9.17) is 0 Å². The molecule has 18 heavy (non-hydrogen) atoms. The van der Waals surface area contributed by atoms with E-state index in [0.29, 0.717) is 0 Å². The van der Waals surface area contributed by atoms with Crippen LogP contribution in [-0.2, 0) is 6.42 Å². The molecule has 1 aliphatic heterocycles. The smallest absolute Gasteiger partial charge is 0.0300 e. The van der Waals surface area contributed by atoms with E-state index in [1.54, 1.807) is 0 Å². The molecule has 2 heterocycles. The number of nitrogens with zero attached hydrogens (tertiary/aromatic N) is 2. The van der Waals surface area contributed by atoms with Crippen molar-refractivity contribution in [2.24, 2.45) is 5.92 Å². The highest BCUT2D eigenvalue weighted by atomic mass is 15.1. The molecule has 1 unspecified atom stereocenters. The third kappa shape index (κ3) is 4.75. The minimum Gasteiger partial charge on any atom is -0.316 e. The summed E-state index contributed by atoms with van der Waals surface area (Å²) in [4.78, 5) is 6.72. The van der Waals surface area contributed by atoms with Crippen molar-refractivity contribution in [1.29, 1.82) is 0 Å². The molecule has 3 heteroatoms. The number of nitrogens with one attached hydrogen (secondary N) is 1. The van der Waals surface area contributed by atoms with E-state index in [-0.39, 0.29) is 0 Å². The van der Waals surface area contributed by atoms with Crippen LogP contribution in [-0.4, -0.2) is 42.6 Å². The van der Waals surface area contributed by atoms with Crippen LogP contribution >= 0.6 is 0 Å². The van der Waals surface area contributed by atoms with E-state index >= 15 is 0 Å². The second kappa shape index (κ2) is 7.49. The Morgan fingerprint density at radius 2 is 2.22 bits per heavy atom. The van der Waals surface area contributed by atoms with E-state index in [1.165, 1.54) is 38.0 Å². The van der Waals surface area contributed by atoms with Gasteiger partial charge in [-0.25, -0.2) is 0 Å². The molecule has 2 rings (SSSR count). The molecular formula is C15H25N3. The van der Waals surface area contributed by atoms with Crippen LogP contribution < -0.4 is 5.32 Å². The summed E-state index contributed by atoms with van der Waals surface area (Å²) < 4.78 is 0. The van der Waals surface area contributed by atoms with E-state index in [0.717, 1.165) is 25.4 Å². The van der Waals surface area contributed by atoms with Gasteiger partial charge in [-0.15, -0.1) is 0 Å². The van der Waals surface area contributed by atoms with Crippen molar-refractivity contribution in [1.82, 2.24) is 15.2 Å². The van der Waals surface area contributed by atoms with Gasteiger partial charge in [0.1, 0.15) is 0 Å². The largest absolute Gasteiger partial charge is 0.316 e. The van der Waals surface area contributed by atoms with Crippen LogP contribution in [0, 0.1) is 5.92 Å². The van der Waals surface area contributed by atoms with Crippen molar-refractivity contribution in [3.63, 3.8) is 0 Å². The molecule has 1 aliphatic rings. The maximum atomic E-state index is 4.13. The zero-order valence-corrected chi connectivity index (χ0v) is 11.4. The van der Waals surface area contributed by atoms with Crippen molar-refractivity contribution in [3.05, 3.63) is 30.1 Å². The number of aromatic nitrogens is 1. The van der Waals surface area contributed by atoms with E-state index in [2.05, 4.69) is 28.2 Å². The van der Waals surface area contributed by atoms with Crippen molar-refractivity contribution >= 4 is 0 Å². The maximum absolute atomic E-state index is 4.13. The highest BCUT2D eigenvalue weighted by Crippen LogP contribution is 2.09. The van der Waals surface area contributed by atoms with Crippen LogP contribution in [0.4, 0.5) is 0 Å². The second-order valence-electron chi connectivity index (χ2n) is 5.43. The van der Waals surface area contributed by atoms with Gasteiger partial charge in [0.15, 0.2) is 0 Å². The van der Waals surface area contributed by atoms with Gasteiger partial charge in [-0.3, -0.25) is 4.98 Å². The fraction of sp³-hybridized carbons (Fsp3) is 0.667. The van der Waals surface area contributed by atoms with Gasteiger partial charge in [0.25, 0.3) is 0 Å². The first-order valence-corrected chi connectivity index (χ1v) is 7.16. The lowest BCUT2D eigenvalue weighted by Crippen LogP contribution is -2.32. The summed E-state index contributed by atoms with van der Waals surface area (Å²) in [5.41, 5.74) is 1.32. The second-order valence-corrected chi connectivity index (χ2v) is 5.43. The standard InChI is InChI=1S/C15H25N3/c1-14(13-18-9-2-3-10-18)11-17-8-6-15-5-4-7-16-12-15/h4-5,7,12,14,17H,2-3,6,8-11,13H2,1H3. The van der Waals surface area contributed by atoms with Crippen LogP contribution in [0.3, 0.4) is 0 Å². The summed E-state index contributed by atoms with van der Waals surface area (Å²) in [6.07, 6.45) is 7.64. The maximum Gasteiger partial charge on any atom is 0.0300 e. The summed E-state index contributed by atoms with van der Waals surface area (Å²) in [5.74, 6) is 0.747. The Bertz CT molecular complexity index is 320. The highest BCUT2D eigenvalue weighted by molar-refractivity contribution is 5.08. The number of hydrogen-bond acceptors (Lipinski definition) is 3. The summed E-state index contributed by atoms with van der Waals surface area (Å²) >= 11 is 0. The average molecular weight is 247 g/mol. The molecule has 0 spiro atoms. The van der Waals surface area contributed by atoms with Crippen LogP contribution in [0.25, 0.3) is 0 Å². The third-order valence-corrected chi connectivity index (χ3v) is 3.57. The van der Waals surface area contributed by atoms with Gasteiger partial charge in [0, 0.05) is 18.9 Å². The van der Waals surface area contributed by atoms with Crippen LogP contribution in [0.2, 0.25) is 0 Å². The molecular weight excluding hydrogens is 222 g/mol. The number of rotatable bonds is 7. The Labute approximate surface area is 111 Å². The predicted octanol–water partition coefficient (Wildman–Crippen LogP) is 1.95. The molecule has 0 radical (unpaired) electrons. The first kappa shape index (κ1) is 13.5. The average Bonchev–Trinajstić information content (AvgIpc) is 2.89. The van der Waals surface area contributed by atoms with E-state index in [9.17, 15) is 0 Å². The Kier molecular flexibility index (Phi) is 5.62. The molecule has 1 aromatic rings. The molecule has 0 aliphatic carbocycles. The Morgan fingerprint density at radius 3 is 2.94 bits per heavy atom. The van der Waals surface area contributed by atoms with Crippen LogP contribution in [0.15, 0.2) is 24.5 Å². The normalized spacial score (nSPS) is 18.1. The van der Waals surface area contributed by atoms with Gasteiger partial charge in [-0.2, -0.15) is 0 Å². The number of hydrogen-bond donors (Lipinski definition) is 1. The summed E-state index contributed by atoms with van der Waals surface area (Å²) in [5, 5.41) is 3.55. The molecule has 1 aromatic heterocycles. The lowest BCUT2D eigenvalue weighted by molar-refractivity contribution is 0.283. The van der Waals surface area contributed by atoms with Gasteiger partial charge in [-0.1, -0.05) is 13.0 Å². The fourth-order valence-corrected chi connectivity index (χ4v) is 2.60. The highest BCUT2D eigenvalue weighted by Gasteiger charge is 2.13. The summed E-state index contributed by atoms with van der Waals surface area (Å²) in [6.45, 7) is 8.38. The third-order valence-electron chi connectivity index (χ3n) is 3.57. The van der Waals surface area contributed by atoms with Crippen molar-refractivity contribution < 1.29 is 0 Å². The predicted molar refractivity (Wildman–Crippen MR) is 75.6 cm³/mol. The first-order chi connectivity index (χ1) is 8.84. The van der Waals surface area contributed by atoms with Crippen molar-refractivity contribution in [3.8, 4) is 0 Å². The molecule has 1 N–H and O–H groups in total. The van der Waals surface area contributed by atoms with Gasteiger partial charge in [0.05, 0.1) is 0 Å². The quantitative estimate of drug-likeness (QED) is 0.746. The molecule has 0 saturated carbocycles. The lowest BCUT2D eigenvalue weighted by atomic mass is 10.1. The van der Waals surface area contributed by atoms with E-state index < -0.39 is 0 Å². The van der Waals surface area contributed by atoms with E-state index in [1.807, 2.05) is 18.5 Å². The van der Waals surface area contributed by atoms with Gasteiger partial charge >= 0.3 is 0 Å². The number of pyridine rings is 1. The minimum atomic E-state index is 0.747. The van der Waals surface area contributed by atoms with Crippen LogP contribution in [0.5, 0.6) is 0 Å². The first-order valence-electron chi connectivity index (χ1n) is 7.16. The Morgan fingerprint density at radius 1 is 1.39 bits per heavy atom. The summed E-state index contributed by atoms with van der Waals surface area (Å²) in [6, 6.07) is 4.15. The molecule has 0 aromatic carbocycles. The van der Waals surface area contributed by atoms with Gasteiger partial charge < -0.3 is 10.2 Å². The summed E-state index contributed by atoms with van der Waals surface area (Å²) in [7, 11) is 0.